The van der Waals surface area contributed by atoms with Crippen LogP contribution in [0.2, 0.25) is 0 Å². The molecule has 68 valence electrons. The molecule has 0 saturated heterocycles. The highest BCUT2D eigenvalue weighted by Gasteiger charge is 2.52. The lowest BCUT2D eigenvalue weighted by molar-refractivity contribution is -0.266. The Morgan fingerprint density at radius 2 is 2.08 bits per heavy atom. The number of hydrogen-bond acceptors (Lipinski definition) is 2. The number of rotatable bonds is 1. The number of hydrogen-bond donors (Lipinski definition) is 0. The Morgan fingerprint density at radius 1 is 1.50 bits per heavy atom. The molecule has 3 rings (SSSR count). The van der Waals surface area contributed by atoms with Gasteiger partial charge in [-0.05, 0) is 24.7 Å². The molecule has 3 saturated carbocycles. The van der Waals surface area contributed by atoms with Crippen LogP contribution in [0.4, 0.5) is 4.79 Å². The van der Waals surface area contributed by atoms with Crippen LogP contribution in [0.15, 0.2) is 0 Å². The van der Waals surface area contributed by atoms with Crippen LogP contribution in [0.5, 0.6) is 0 Å². The van der Waals surface area contributed by atoms with Crippen molar-refractivity contribution < 1.29 is 9.90 Å². The largest absolute Gasteiger partial charge is 0.530 e. The Kier molecular flexibility index (Phi) is 1.97. The average molecular weight is 280 g/mol. The minimum absolute atomic E-state index is 0.223. The third-order valence-corrected chi connectivity index (χ3v) is 4.96. The van der Waals surface area contributed by atoms with Crippen LogP contribution in [0.3, 0.4) is 0 Å². The topological polar surface area (TPSA) is 43.4 Å². The molecule has 0 aromatic carbocycles. The van der Waals surface area contributed by atoms with Crippen molar-refractivity contribution in [2.75, 3.05) is 7.05 Å². The summed E-state index contributed by atoms with van der Waals surface area (Å²) in [6.45, 7) is 0. The van der Waals surface area contributed by atoms with Gasteiger partial charge in [0.2, 0.25) is 0 Å². The Balaban J connectivity index is 2.09. The lowest BCUT2D eigenvalue weighted by atomic mass is 9.84. The maximum Gasteiger partial charge on any atom is 0.136 e. The maximum absolute atomic E-state index is 10.6. The van der Waals surface area contributed by atoms with Crippen molar-refractivity contribution in [1.29, 1.82) is 0 Å². The van der Waals surface area contributed by atoms with Gasteiger partial charge in [-0.15, -0.1) is 0 Å². The Bertz CT molecular complexity index is 215. The van der Waals surface area contributed by atoms with E-state index < -0.39 is 6.09 Å². The van der Waals surface area contributed by atoms with Crippen LogP contribution in [0, 0.1) is 11.8 Å². The molecule has 3 aliphatic carbocycles. The summed E-state index contributed by atoms with van der Waals surface area (Å²) in [6, 6.07) is 0.223. The first kappa shape index (κ1) is 8.59. The van der Waals surface area contributed by atoms with E-state index in [0.717, 1.165) is 5.92 Å². The molecule has 1 amide bonds. The molecule has 0 spiro atoms. The van der Waals surface area contributed by atoms with Gasteiger partial charge >= 0.3 is 0 Å². The van der Waals surface area contributed by atoms with Crippen molar-refractivity contribution in [1.82, 2.24) is 4.90 Å². The highest BCUT2D eigenvalue weighted by Crippen LogP contribution is 2.53. The predicted octanol–water partition coefficient (Wildman–Crippen LogP) is 0.473. The molecule has 12 heavy (non-hydrogen) atoms. The average Bonchev–Trinajstić information content (AvgIpc) is 2.36. The molecule has 0 aliphatic heterocycles. The van der Waals surface area contributed by atoms with E-state index in [1.165, 1.54) is 17.7 Å². The summed E-state index contributed by atoms with van der Waals surface area (Å²) in [5.41, 5.74) is 0. The van der Waals surface area contributed by atoms with Crippen molar-refractivity contribution in [3.05, 3.63) is 0 Å². The zero-order valence-corrected chi connectivity index (χ0v) is 9.02. The van der Waals surface area contributed by atoms with Gasteiger partial charge in [-0.25, -0.2) is 0 Å². The third-order valence-electron chi connectivity index (χ3n) is 3.21. The molecule has 3 aliphatic rings. The molecule has 0 aromatic rings. The highest BCUT2D eigenvalue weighted by molar-refractivity contribution is 14.1. The summed E-state index contributed by atoms with van der Waals surface area (Å²) < 4.78 is 0.510. The first-order valence-corrected chi connectivity index (χ1v) is 5.43. The SMILES string of the molecule is CN(C(=O)[O-])C1C2CC(C2)C1I. The van der Waals surface area contributed by atoms with Gasteiger partial charge in [-0.2, -0.15) is 0 Å². The van der Waals surface area contributed by atoms with E-state index in [4.69, 9.17) is 0 Å². The predicted molar refractivity (Wildman–Crippen MR) is 51.0 cm³/mol. The van der Waals surface area contributed by atoms with E-state index >= 15 is 0 Å². The fourth-order valence-corrected chi connectivity index (χ4v) is 4.09. The normalized spacial score (nSPS) is 43.8. The van der Waals surface area contributed by atoms with Crippen molar-refractivity contribution in [3.8, 4) is 0 Å². The van der Waals surface area contributed by atoms with Gasteiger partial charge in [0.1, 0.15) is 6.09 Å². The maximum atomic E-state index is 10.6. The van der Waals surface area contributed by atoms with Crippen molar-refractivity contribution in [2.45, 2.75) is 22.8 Å². The Hall–Kier alpha value is 0. The molecule has 2 unspecified atom stereocenters. The lowest BCUT2D eigenvalue weighted by Crippen LogP contribution is -2.47. The minimum atomic E-state index is -1.03. The summed E-state index contributed by atoms with van der Waals surface area (Å²) in [5.74, 6) is 1.38. The molecule has 3 nitrogen and oxygen atoms in total. The van der Waals surface area contributed by atoms with Crippen LogP contribution in [-0.2, 0) is 0 Å². The van der Waals surface area contributed by atoms with Crippen molar-refractivity contribution >= 4 is 28.7 Å². The van der Waals surface area contributed by atoms with Crippen molar-refractivity contribution in [3.63, 3.8) is 0 Å². The smallest absolute Gasteiger partial charge is 0.136 e. The minimum Gasteiger partial charge on any atom is -0.530 e. The van der Waals surface area contributed by atoms with Crippen LogP contribution in [0.1, 0.15) is 12.8 Å². The first-order valence-electron chi connectivity index (χ1n) is 4.19. The van der Waals surface area contributed by atoms with Gasteiger partial charge in [0.05, 0.1) is 0 Å². The number of alkyl halides is 1. The van der Waals surface area contributed by atoms with Gasteiger partial charge in [0, 0.05) is 17.0 Å². The zero-order valence-electron chi connectivity index (χ0n) is 6.87. The van der Waals surface area contributed by atoms with Crippen LogP contribution in [-0.4, -0.2) is 28.0 Å². The molecule has 2 atom stereocenters. The lowest BCUT2D eigenvalue weighted by Gasteiger charge is -2.31. The molecule has 0 N–H and O–H groups in total. The summed E-state index contributed by atoms with van der Waals surface area (Å²) in [5, 5.41) is 10.6. The molecule has 0 radical (unpaired) electrons. The molecular formula is C8H11INO2-. The van der Waals surface area contributed by atoms with E-state index in [9.17, 15) is 9.90 Å². The van der Waals surface area contributed by atoms with Gasteiger partial charge in [0.25, 0.3) is 0 Å². The third kappa shape index (κ3) is 1.03. The zero-order chi connectivity index (χ0) is 8.88. The van der Waals surface area contributed by atoms with Crippen molar-refractivity contribution in [2.24, 2.45) is 11.8 Å². The molecular weight excluding hydrogens is 269 g/mol. The van der Waals surface area contributed by atoms with Gasteiger partial charge in [-0.3, -0.25) is 0 Å². The van der Waals surface area contributed by atoms with E-state index in [-0.39, 0.29) is 6.04 Å². The second-order valence-electron chi connectivity index (χ2n) is 3.80. The number of fused-ring (bicyclic) bond motifs is 1. The monoisotopic (exact) mass is 280 g/mol. The Labute approximate surface area is 85.3 Å². The van der Waals surface area contributed by atoms with Crippen LogP contribution < -0.4 is 5.11 Å². The quantitative estimate of drug-likeness (QED) is 0.518. The van der Waals surface area contributed by atoms with E-state index in [1.54, 1.807) is 7.05 Å². The molecule has 0 heterocycles. The summed E-state index contributed by atoms with van der Waals surface area (Å²) in [7, 11) is 1.63. The molecule has 3 fully saturated rings. The molecule has 0 aromatic heterocycles. The summed E-state index contributed by atoms with van der Waals surface area (Å²) in [6.07, 6.45) is 1.40. The van der Waals surface area contributed by atoms with Gasteiger partial charge < -0.3 is 14.8 Å². The van der Waals surface area contributed by atoms with Gasteiger partial charge in [-0.1, -0.05) is 22.6 Å². The van der Waals surface area contributed by atoms with E-state index in [0.29, 0.717) is 9.84 Å². The number of carboxylic acid groups (broad SMARTS) is 1. The number of nitrogens with zero attached hydrogens (tertiary/aromatic N) is 1. The fraction of sp³-hybridized carbons (Fsp3) is 0.875. The van der Waals surface area contributed by atoms with Crippen LogP contribution in [0.25, 0.3) is 0 Å². The summed E-state index contributed by atoms with van der Waals surface area (Å²) in [4.78, 5) is 12.0. The summed E-state index contributed by atoms with van der Waals surface area (Å²) >= 11 is 2.38. The van der Waals surface area contributed by atoms with Crippen LogP contribution >= 0.6 is 22.6 Å². The number of carbonyl (C=O) groups is 1. The van der Waals surface area contributed by atoms with Gasteiger partial charge in [0.15, 0.2) is 0 Å². The second-order valence-corrected chi connectivity index (χ2v) is 5.24. The Morgan fingerprint density at radius 3 is 2.42 bits per heavy atom. The number of amides is 1. The standard InChI is InChI=1S/C8H12INO2/c1-10(8(11)12)7-5-2-4(3-5)6(7)9/h4-7H,2-3H2,1H3,(H,11,12)/p-1. The highest BCUT2D eigenvalue weighted by atomic mass is 127. The first-order chi connectivity index (χ1) is 5.61. The molecule has 2 bridgehead atoms. The fourth-order valence-electron chi connectivity index (χ4n) is 2.44. The number of carbonyl (C=O) groups excluding carboxylic acids is 1. The van der Waals surface area contributed by atoms with E-state index in [2.05, 4.69) is 22.6 Å². The number of halogens is 1. The van der Waals surface area contributed by atoms with E-state index in [1.807, 2.05) is 0 Å². The second kappa shape index (κ2) is 2.75. The molecule has 4 heteroatoms.